The van der Waals surface area contributed by atoms with Crippen molar-refractivity contribution in [2.24, 2.45) is 7.05 Å². The van der Waals surface area contributed by atoms with Crippen molar-refractivity contribution in [2.75, 3.05) is 19.6 Å². The molecule has 1 N–H and O–H groups in total. The van der Waals surface area contributed by atoms with E-state index in [1.807, 2.05) is 6.92 Å². The average Bonchev–Trinajstić information content (AvgIpc) is 2.59. The first-order valence-corrected chi connectivity index (χ1v) is 7.16. The van der Waals surface area contributed by atoms with Crippen molar-refractivity contribution in [2.45, 2.75) is 18.0 Å². The minimum Gasteiger partial charge on any atom is -0.312 e. The molecule has 1 fully saturated rings. The topological polar surface area (TPSA) is 67.2 Å². The maximum atomic E-state index is 12.4. The average molecular weight is 315 g/mol. The summed E-state index contributed by atoms with van der Waals surface area (Å²) in [6.45, 7) is 3.50. The quantitative estimate of drug-likeness (QED) is 0.862. The predicted octanol–water partition coefficient (Wildman–Crippen LogP) is 0.478. The van der Waals surface area contributed by atoms with Crippen LogP contribution in [0.5, 0.6) is 0 Å². The number of nitrogens with zero attached hydrogens (tertiary/aromatic N) is 3. The van der Waals surface area contributed by atoms with Crippen molar-refractivity contribution < 1.29 is 8.42 Å². The Labute approximate surface area is 118 Å². The van der Waals surface area contributed by atoms with Crippen LogP contribution in [-0.2, 0) is 17.1 Å². The molecule has 6 nitrogen and oxygen atoms in total. The summed E-state index contributed by atoms with van der Waals surface area (Å²) in [4.78, 5) is 0. The Morgan fingerprint density at radius 3 is 2.72 bits per heavy atom. The number of sulfonamides is 1. The van der Waals surface area contributed by atoms with E-state index in [4.69, 9.17) is 11.6 Å². The highest BCUT2D eigenvalue weighted by atomic mass is 35.5. The third-order valence-electron chi connectivity index (χ3n) is 2.76. The molecule has 0 radical (unpaired) electrons. The van der Waals surface area contributed by atoms with Gasteiger partial charge in [0.25, 0.3) is 10.0 Å². The van der Waals surface area contributed by atoms with Crippen LogP contribution in [0.1, 0.15) is 6.92 Å². The van der Waals surface area contributed by atoms with E-state index in [1.54, 1.807) is 7.05 Å². The lowest BCUT2D eigenvalue weighted by molar-refractivity contribution is 0.308. The first-order valence-electron chi connectivity index (χ1n) is 5.34. The maximum Gasteiger partial charge on any atom is 0.261 e. The normalized spacial score (nSPS) is 21.6. The van der Waals surface area contributed by atoms with Gasteiger partial charge in [-0.3, -0.25) is 4.68 Å². The van der Waals surface area contributed by atoms with Crippen molar-refractivity contribution in [3.8, 4) is 0 Å². The highest BCUT2D eigenvalue weighted by Gasteiger charge is 2.32. The van der Waals surface area contributed by atoms with Crippen LogP contribution in [0.3, 0.4) is 0 Å². The van der Waals surface area contributed by atoms with Crippen LogP contribution < -0.4 is 5.32 Å². The predicted molar refractivity (Wildman–Crippen MR) is 71.7 cm³/mol. The molecule has 0 amide bonds. The second kappa shape index (κ2) is 5.75. The molecule has 1 aliphatic rings. The molecule has 0 aliphatic carbocycles. The molecule has 1 saturated heterocycles. The van der Waals surface area contributed by atoms with Crippen LogP contribution >= 0.6 is 24.0 Å². The van der Waals surface area contributed by atoms with E-state index in [-0.39, 0.29) is 28.5 Å². The summed E-state index contributed by atoms with van der Waals surface area (Å²) in [5.74, 6) is 0. The highest BCUT2D eigenvalue weighted by Crippen LogP contribution is 2.24. The Morgan fingerprint density at radius 2 is 2.22 bits per heavy atom. The number of piperazine rings is 1. The number of hydrogen-bond acceptors (Lipinski definition) is 4. The molecule has 2 heterocycles. The second-order valence-corrected chi connectivity index (χ2v) is 6.40. The molecule has 0 spiro atoms. The minimum atomic E-state index is -3.55. The summed E-state index contributed by atoms with van der Waals surface area (Å²) in [6, 6.07) is 0.144. The van der Waals surface area contributed by atoms with E-state index in [2.05, 4.69) is 10.4 Å². The molecule has 104 valence electrons. The first-order chi connectivity index (χ1) is 7.93. The van der Waals surface area contributed by atoms with Gasteiger partial charge in [-0.15, -0.1) is 12.4 Å². The van der Waals surface area contributed by atoms with Gasteiger partial charge in [0, 0.05) is 32.7 Å². The zero-order valence-corrected chi connectivity index (χ0v) is 12.5. The summed E-state index contributed by atoms with van der Waals surface area (Å²) in [6.07, 6.45) is 1.35. The van der Waals surface area contributed by atoms with Crippen molar-refractivity contribution in [1.82, 2.24) is 19.4 Å². The van der Waals surface area contributed by atoms with Crippen LogP contribution in [0.2, 0.25) is 5.02 Å². The molecule has 2 rings (SSSR count). The fraction of sp³-hybridized carbons (Fsp3) is 0.667. The molecule has 1 aromatic rings. The number of nitrogens with one attached hydrogen (secondary N) is 1. The zero-order valence-electron chi connectivity index (χ0n) is 10.1. The molecule has 0 bridgehead atoms. The summed E-state index contributed by atoms with van der Waals surface area (Å²) in [5.41, 5.74) is 0. The van der Waals surface area contributed by atoms with Gasteiger partial charge in [-0.2, -0.15) is 9.40 Å². The molecular weight excluding hydrogens is 299 g/mol. The van der Waals surface area contributed by atoms with E-state index >= 15 is 0 Å². The Morgan fingerprint density at radius 1 is 1.56 bits per heavy atom. The summed E-state index contributed by atoms with van der Waals surface area (Å²) in [7, 11) is -1.98. The van der Waals surface area contributed by atoms with Gasteiger partial charge < -0.3 is 5.32 Å². The molecule has 1 atom stereocenters. The standard InChI is InChI=1S/C9H15ClN4O2S.ClH/c1-7-6-14(4-3-11-7)17(15,16)9-8(10)5-12-13(9)2;/h5,7,11H,3-4,6H2,1-2H3;1H. The molecular formula is C9H16Cl2N4O2S. The fourth-order valence-corrected chi connectivity index (χ4v) is 4.06. The van der Waals surface area contributed by atoms with E-state index in [0.717, 1.165) is 0 Å². The van der Waals surface area contributed by atoms with E-state index < -0.39 is 10.0 Å². The summed E-state index contributed by atoms with van der Waals surface area (Å²) >= 11 is 5.88. The van der Waals surface area contributed by atoms with Crippen LogP contribution in [0.4, 0.5) is 0 Å². The lowest BCUT2D eigenvalue weighted by Crippen LogP contribution is -2.51. The SMILES string of the molecule is CC1CN(S(=O)(=O)c2c(Cl)cnn2C)CCN1.Cl. The molecule has 1 aromatic heterocycles. The van der Waals surface area contributed by atoms with Crippen molar-refractivity contribution >= 4 is 34.0 Å². The fourth-order valence-electron chi connectivity index (χ4n) is 1.93. The van der Waals surface area contributed by atoms with Crippen LogP contribution in [-0.4, -0.2) is 48.2 Å². The number of rotatable bonds is 2. The van der Waals surface area contributed by atoms with Gasteiger partial charge in [-0.1, -0.05) is 11.6 Å². The Balaban J connectivity index is 0.00000162. The Bertz CT molecular complexity index is 497. The van der Waals surface area contributed by atoms with Gasteiger partial charge in [0.15, 0.2) is 5.03 Å². The molecule has 0 saturated carbocycles. The minimum absolute atomic E-state index is 0. The number of halogens is 2. The largest absolute Gasteiger partial charge is 0.312 e. The third-order valence-corrected chi connectivity index (χ3v) is 5.13. The lowest BCUT2D eigenvalue weighted by Gasteiger charge is -2.30. The molecule has 9 heteroatoms. The highest BCUT2D eigenvalue weighted by molar-refractivity contribution is 7.89. The number of hydrogen-bond donors (Lipinski definition) is 1. The van der Waals surface area contributed by atoms with Gasteiger partial charge >= 0.3 is 0 Å². The first kappa shape index (κ1) is 15.7. The van der Waals surface area contributed by atoms with Crippen molar-refractivity contribution in [3.05, 3.63) is 11.2 Å². The summed E-state index contributed by atoms with van der Waals surface area (Å²) in [5, 5.41) is 7.29. The number of aryl methyl sites for hydroxylation is 1. The Kier molecular flexibility index (Phi) is 5.02. The van der Waals surface area contributed by atoms with Gasteiger partial charge in [-0.05, 0) is 6.92 Å². The third kappa shape index (κ3) is 2.80. The second-order valence-electron chi connectivity index (χ2n) is 4.14. The van der Waals surface area contributed by atoms with Crippen molar-refractivity contribution in [1.29, 1.82) is 0 Å². The van der Waals surface area contributed by atoms with E-state index in [0.29, 0.717) is 19.6 Å². The van der Waals surface area contributed by atoms with Crippen LogP contribution in [0, 0.1) is 0 Å². The lowest BCUT2D eigenvalue weighted by atomic mass is 10.3. The molecule has 0 aromatic carbocycles. The van der Waals surface area contributed by atoms with Gasteiger partial charge in [0.2, 0.25) is 0 Å². The molecule has 18 heavy (non-hydrogen) atoms. The maximum absolute atomic E-state index is 12.4. The van der Waals surface area contributed by atoms with E-state index in [9.17, 15) is 8.42 Å². The smallest absolute Gasteiger partial charge is 0.261 e. The monoisotopic (exact) mass is 314 g/mol. The van der Waals surface area contributed by atoms with E-state index in [1.165, 1.54) is 15.2 Å². The summed E-state index contributed by atoms with van der Waals surface area (Å²) < 4.78 is 27.5. The van der Waals surface area contributed by atoms with Crippen LogP contribution in [0.15, 0.2) is 11.2 Å². The van der Waals surface area contributed by atoms with Gasteiger partial charge in [0.05, 0.1) is 11.2 Å². The zero-order chi connectivity index (χ0) is 12.6. The number of aromatic nitrogens is 2. The molecule has 1 unspecified atom stereocenters. The van der Waals surface area contributed by atoms with Gasteiger partial charge in [-0.25, -0.2) is 8.42 Å². The Hall–Kier alpha value is -0.340. The van der Waals surface area contributed by atoms with Gasteiger partial charge in [0.1, 0.15) is 0 Å². The van der Waals surface area contributed by atoms with Crippen molar-refractivity contribution in [3.63, 3.8) is 0 Å². The van der Waals surface area contributed by atoms with Crippen LogP contribution in [0.25, 0.3) is 0 Å². The molecule has 1 aliphatic heterocycles.